The summed E-state index contributed by atoms with van der Waals surface area (Å²) in [5, 5.41) is 9.00. The second-order valence-electron chi connectivity index (χ2n) is 3.48. The van der Waals surface area contributed by atoms with E-state index < -0.39 is 11.9 Å². The fourth-order valence-electron chi connectivity index (χ4n) is 1.61. The van der Waals surface area contributed by atoms with Crippen LogP contribution in [0.1, 0.15) is 30.9 Å². The molecule has 1 aromatic rings. The summed E-state index contributed by atoms with van der Waals surface area (Å²) < 4.78 is 5.43. The molecule has 0 saturated heterocycles. The first kappa shape index (κ1) is 11.6. The highest BCUT2D eigenvalue weighted by atomic mass is 16.5. The summed E-state index contributed by atoms with van der Waals surface area (Å²) in [5.41, 5.74) is 1.72. The molecule has 1 aromatic carbocycles. The molecule has 0 aliphatic heterocycles. The van der Waals surface area contributed by atoms with Crippen molar-refractivity contribution >= 4 is 5.97 Å². The molecular formula is C12H16O3. The van der Waals surface area contributed by atoms with E-state index in [9.17, 15) is 4.79 Å². The first-order chi connectivity index (χ1) is 7.07. The molecule has 1 rings (SSSR count). The Morgan fingerprint density at radius 1 is 1.53 bits per heavy atom. The minimum Gasteiger partial charge on any atom is -0.494 e. The third-order valence-corrected chi connectivity index (χ3v) is 2.39. The third kappa shape index (κ3) is 2.49. The van der Waals surface area contributed by atoms with Crippen LogP contribution in [0.15, 0.2) is 18.2 Å². The maximum Gasteiger partial charge on any atom is 0.310 e. The van der Waals surface area contributed by atoms with Gasteiger partial charge in [-0.15, -0.1) is 0 Å². The van der Waals surface area contributed by atoms with Crippen molar-refractivity contribution in [1.29, 1.82) is 0 Å². The zero-order valence-electron chi connectivity index (χ0n) is 9.28. The molecular weight excluding hydrogens is 192 g/mol. The number of hydrogen-bond donors (Lipinski definition) is 1. The number of ether oxygens (including phenoxy) is 1. The van der Waals surface area contributed by atoms with Gasteiger partial charge in [-0.25, -0.2) is 0 Å². The lowest BCUT2D eigenvalue weighted by molar-refractivity contribution is -0.138. The average Bonchev–Trinajstić information content (AvgIpc) is 2.17. The number of carboxylic acids is 1. The monoisotopic (exact) mass is 208 g/mol. The van der Waals surface area contributed by atoms with Gasteiger partial charge in [0.05, 0.1) is 12.5 Å². The molecule has 0 heterocycles. The van der Waals surface area contributed by atoms with E-state index in [1.807, 2.05) is 32.0 Å². The number of rotatable bonds is 4. The molecule has 1 atom stereocenters. The van der Waals surface area contributed by atoms with E-state index in [1.165, 1.54) is 0 Å². The van der Waals surface area contributed by atoms with Gasteiger partial charge in [0, 0.05) is 5.56 Å². The fraction of sp³-hybridized carbons (Fsp3) is 0.417. The third-order valence-electron chi connectivity index (χ3n) is 2.39. The van der Waals surface area contributed by atoms with Crippen molar-refractivity contribution in [1.82, 2.24) is 0 Å². The Labute approximate surface area is 89.7 Å². The maximum atomic E-state index is 11.0. The lowest BCUT2D eigenvalue weighted by Gasteiger charge is -2.15. The van der Waals surface area contributed by atoms with E-state index >= 15 is 0 Å². The highest BCUT2D eigenvalue weighted by Gasteiger charge is 2.20. The molecule has 0 aliphatic rings. The molecule has 1 unspecified atom stereocenters. The summed E-state index contributed by atoms with van der Waals surface area (Å²) in [6, 6.07) is 5.58. The standard InChI is InChI=1S/C12H16O3/c1-4-15-10-7-5-6-8(2)11(10)9(3)12(13)14/h5-7,9H,4H2,1-3H3,(H,13,14). The Kier molecular flexibility index (Phi) is 3.72. The van der Waals surface area contributed by atoms with Gasteiger partial charge in [-0.2, -0.15) is 0 Å². The topological polar surface area (TPSA) is 46.5 Å². The van der Waals surface area contributed by atoms with Crippen LogP contribution in [0.4, 0.5) is 0 Å². The summed E-state index contributed by atoms with van der Waals surface area (Å²) in [4.78, 5) is 11.0. The van der Waals surface area contributed by atoms with Gasteiger partial charge in [-0.3, -0.25) is 4.79 Å². The number of benzene rings is 1. The molecule has 0 aliphatic carbocycles. The van der Waals surface area contributed by atoms with Crippen LogP contribution in [0, 0.1) is 6.92 Å². The molecule has 1 N–H and O–H groups in total. The lowest BCUT2D eigenvalue weighted by atomic mass is 9.95. The maximum absolute atomic E-state index is 11.0. The van der Waals surface area contributed by atoms with Crippen LogP contribution >= 0.6 is 0 Å². The Morgan fingerprint density at radius 2 is 2.20 bits per heavy atom. The zero-order valence-corrected chi connectivity index (χ0v) is 9.28. The molecule has 3 heteroatoms. The summed E-state index contributed by atoms with van der Waals surface area (Å²) in [5.74, 6) is -0.689. The second kappa shape index (κ2) is 4.82. The molecule has 15 heavy (non-hydrogen) atoms. The van der Waals surface area contributed by atoms with E-state index in [1.54, 1.807) is 6.92 Å². The molecule has 82 valence electrons. The van der Waals surface area contributed by atoms with Crippen molar-refractivity contribution < 1.29 is 14.6 Å². The first-order valence-corrected chi connectivity index (χ1v) is 5.03. The van der Waals surface area contributed by atoms with Crippen LogP contribution in [0.25, 0.3) is 0 Å². The van der Waals surface area contributed by atoms with Crippen LogP contribution in [0.3, 0.4) is 0 Å². The largest absolute Gasteiger partial charge is 0.494 e. The Morgan fingerprint density at radius 3 is 2.73 bits per heavy atom. The lowest BCUT2D eigenvalue weighted by Crippen LogP contribution is -2.11. The van der Waals surface area contributed by atoms with E-state index in [2.05, 4.69) is 0 Å². The van der Waals surface area contributed by atoms with Crippen molar-refractivity contribution in [2.24, 2.45) is 0 Å². The normalized spacial score (nSPS) is 12.2. The van der Waals surface area contributed by atoms with Gasteiger partial charge in [0.1, 0.15) is 5.75 Å². The van der Waals surface area contributed by atoms with Crippen LogP contribution in [0.2, 0.25) is 0 Å². The SMILES string of the molecule is CCOc1cccc(C)c1C(C)C(=O)O. The van der Waals surface area contributed by atoms with E-state index in [4.69, 9.17) is 9.84 Å². The van der Waals surface area contributed by atoms with Crippen molar-refractivity contribution in [3.63, 3.8) is 0 Å². The Bertz CT molecular complexity index is 358. The predicted molar refractivity (Wildman–Crippen MR) is 58.4 cm³/mol. The Hall–Kier alpha value is -1.51. The number of carbonyl (C=O) groups is 1. The van der Waals surface area contributed by atoms with Crippen LogP contribution in [-0.4, -0.2) is 17.7 Å². The molecule has 0 fully saturated rings. The summed E-state index contributed by atoms with van der Waals surface area (Å²) >= 11 is 0. The van der Waals surface area contributed by atoms with Crippen LogP contribution in [-0.2, 0) is 4.79 Å². The first-order valence-electron chi connectivity index (χ1n) is 5.03. The number of hydrogen-bond acceptors (Lipinski definition) is 2. The van der Waals surface area contributed by atoms with Crippen LogP contribution < -0.4 is 4.74 Å². The van der Waals surface area contributed by atoms with Gasteiger partial charge in [0.15, 0.2) is 0 Å². The zero-order chi connectivity index (χ0) is 11.4. The molecule has 0 spiro atoms. The highest BCUT2D eigenvalue weighted by Crippen LogP contribution is 2.29. The molecule has 0 aromatic heterocycles. The van der Waals surface area contributed by atoms with Crippen molar-refractivity contribution in [3.05, 3.63) is 29.3 Å². The molecule has 3 nitrogen and oxygen atoms in total. The van der Waals surface area contributed by atoms with Gasteiger partial charge >= 0.3 is 5.97 Å². The van der Waals surface area contributed by atoms with Gasteiger partial charge in [-0.1, -0.05) is 12.1 Å². The van der Waals surface area contributed by atoms with Gasteiger partial charge in [-0.05, 0) is 32.4 Å². The summed E-state index contributed by atoms with van der Waals surface area (Å²) in [6.45, 7) is 6.00. The summed E-state index contributed by atoms with van der Waals surface area (Å²) in [7, 11) is 0. The smallest absolute Gasteiger partial charge is 0.310 e. The van der Waals surface area contributed by atoms with Gasteiger partial charge in [0.25, 0.3) is 0 Å². The molecule has 0 bridgehead atoms. The van der Waals surface area contributed by atoms with Crippen LogP contribution in [0.5, 0.6) is 5.75 Å². The summed E-state index contributed by atoms with van der Waals surface area (Å²) in [6.07, 6.45) is 0. The Balaban J connectivity index is 3.17. The quantitative estimate of drug-likeness (QED) is 0.827. The van der Waals surface area contributed by atoms with E-state index in [0.717, 1.165) is 11.1 Å². The van der Waals surface area contributed by atoms with Gasteiger partial charge in [0.2, 0.25) is 0 Å². The minimum absolute atomic E-state index is 0.534. The van der Waals surface area contributed by atoms with Crippen molar-refractivity contribution in [3.8, 4) is 5.75 Å². The second-order valence-corrected chi connectivity index (χ2v) is 3.48. The van der Waals surface area contributed by atoms with Gasteiger partial charge < -0.3 is 9.84 Å². The van der Waals surface area contributed by atoms with Crippen molar-refractivity contribution in [2.75, 3.05) is 6.61 Å². The number of aryl methyl sites for hydroxylation is 1. The average molecular weight is 208 g/mol. The van der Waals surface area contributed by atoms with E-state index in [0.29, 0.717) is 12.4 Å². The minimum atomic E-state index is -0.828. The van der Waals surface area contributed by atoms with Crippen molar-refractivity contribution in [2.45, 2.75) is 26.7 Å². The van der Waals surface area contributed by atoms with E-state index in [-0.39, 0.29) is 0 Å². The molecule has 0 amide bonds. The molecule has 0 saturated carbocycles. The predicted octanol–water partition coefficient (Wildman–Crippen LogP) is 2.58. The fourth-order valence-corrected chi connectivity index (χ4v) is 1.61. The number of carboxylic acid groups (broad SMARTS) is 1. The molecule has 0 radical (unpaired) electrons. The number of aliphatic carboxylic acids is 1. The highest BCUT2D eigenvalue weighted by molar-refractivity contribution is 5.77.